The largest absolute Gasteiger partial charge is 0.394 e. The van der Waals surface area contributed by atoms with Gasteiger partial charge in [-0.2, -0.15) is 0 Å². The van der Waals surface area contributed by atoms with Crippen LogP contribution in [0.3, 0.4) is 0 Å². The lowest BCUT2D eigenvalue weighted by atomic mass is 10.1. The molecule has 0 spiro atoms. The first-order valence-electron chi connectivity index (χ1n) is 3.85. The van der Waals surface area contributed by atoms with Gasteiger partial charge in [0, 0.05) is 11.8 Å². The van der Waals surface area contributed by atoms with E-state index in [-0.39, 0.29) is 18.2 Å². The molecule has 0 saturated heterocycles. The molecule has 0 fully saturated rings. The van der Waals surface area contributed by atoms with Crippen LogP contribution in [0.25, 0.3) is 0 Å². The number of hydrogen-bond acceptors (Lipinski definition) is 3. The number of aliphatic hydroxyl groups is 1. The molecule has 0 radical (unpaired) electrons. The highest BCUT2D eigenvalue weighted by molar-refractivity contribution is 6.30. The number of aliphatic hydroxyl groups excluding tert-OH is 1. The zero-order chi connectivity index (χ0) is 9.84. The van der Waals surface area contributed by atoms with Gasteiger partial charge in [-0.05, 0) is 13.1 Å². The Morgan fingerprint density at radius 2 is 2.46 bits per heavy atom. The summed E-state index contributed by atoms with van der Waals surface area (Å²) in [6, 6.07) is 1.17. The van der Waals surface area contributed by atoms with Crippen LogP contribution in [-0.4, -0.2) is 23.7 Å². The fourth-order valence-corrected chi connectivity index (χ4v) is 1.25. The molecule has 1 aromatic rings. The average molecular weight is 203 g/mol. The molecule has 4 nitrogen and oxygen atoms in total. The van der Waals surface area contributed by atoms with Crippen molar-refractivity contribution >= 4 is 11.6 Å². The Kier molecular flexibility index (Phi) is 3.48. The van der Waals surface area contributed by atoms with E-state index in [1.54, 1.807) is 7.05 Å². The summed E-state index contributed by atoms with van der Waals surface area (Å²) in [6.45, 7) is -0.139. The lowest BCUT2D eigenvalue weighted by molar-refractivity contribution is 0.250. The number of H-pyrrole nitrogens is 1. The molecule has 0 saturated carbocycles. The molecule has 5 heteroatoms. The first-order valence-corrected chi connectivity index (χ1v) is 4.23. The molecule has 0 bridgehead atoms. The third kappa shape index (κ3) is 2.30. The van der Waals surface area contributed by atoms with Gasteiger partial charge in [-0.3, -0.25) is 4.79 Å². The Bertz CT molecular complexity index is 333. The molecule has 13 heavy (non-hydrogen) atoms. The molecule has 0 aromatic carbocycles. The highest BCUT2D eigenvalue weighted by atomic mass is 35.5. The van der Waals surface area contributed by atoms with Gasteiger partial charge in [0.25, 0.3) is 5.56 Å². The van der Waals surface area contributed by atoms with Gasteiger partial charge in [0.15, 0.2) is 0 Å². The molecule has 0 aliphatic rings. The van der Waals surface area contributed by atoms with E-state index in [9.17, 15) is 4.79 Å². The second-order valence-electron chi connectivity index (χ2n) is 2.63. The van der Waals surface area contributed by atoms with Crippen LogP contribution in [0.2, 0.25) is 5.02 Å². The summed E-state index contributed by atoms with van der Waals surface area (Å²) in [5.74, 6) is 0. The predicted octanol–water partition coefficient (Wildman–Crippen LogP) is 0.281. The smallest absolute Gasteiger partial charge is 0.252 e. The van der Waals surface area contributed by atoms with E-state index in [0.29, 0.717) is 10.6 Å². The Morgan fingerprint density at radius 1 is 1.77 bits per heavy atom. The summed E-state index contributed by atoms with van der Waals surface area (Å²) in [5.41, 5.74) is 0.204. The van der Waals surface area contributed by atoms with E-state index in [2.05, 4.69) is 10.3 Å². The summed E-state index contributed by atoms with van der Waals surface area (Å²) in [6.07, 6.45) is 1.41. The van der Waals surface area contributed by atoms with Crippen molar-refractivity contribution in [2.75, 3.05) is 13.7 Å². The molecule has 1 heterocycles. The molecule has 0 amide bonds. The minimum absolute atomic E-state index is 0.139. The van der Waals surface area contributed by atoms with Gasteiger partial charge >= 0.3 is 0 Å². The van der Waals surface area contributed by atoms with Gasteiger partial charge in [-0.1, -0.05) is 11.6 Å². The SMILES string of the molecule is CN[C@H](CO)c1cc(Cl)c[nH]c1=O. The fraction of sp³-hybridized carbons (Fsp3) is 0.375. The van der Waals surface area contributed by atoms with Crippen LogP contribution in [0.5, 0.6) is 0 Å². The van der Waals surface area contributed by atoms with Crippen LogP contribution < -0.4 is 10.9 Å². The highest BCUT2D eigenvalue weighted by Gasteiger charge is 2.11. The summed E-state index contributed by atoms with van der Waals surface area (Å²) in [5, 5.41) is 12.2. The Labute approximate surface area is 80.6 Å². The topological polar surface area (TPSA) is 65.1 Å². The van der Waals surface area contributed by atoms with E-state index in [4.69, 9.17) is 16.7 Å². The minimum Gasteiger partial charge on any atom is -0.394 e. The molecule has 0 aliphatic carbocycles. The number of nitrogens with one attached hydrogen (secondary N) is 2. The van der Waals surface area contributed by atoms with Gasteiger partial charge in [0.1, 0.15) is 0 Å². The maximum absolute atomic E-state index is 11.3. The molecule has 72 valence electrons. The van der Waals surface area contributed by atoms with Crippen molar-refractivity contribution in [2.45, 2.75) is 6.04 Å². The molecule has 1 aromatic heterocycles. The molecule has 1 rings (SSSR count). The third-order valence-electron chi connectivity index (χ3n) is 1.80. The van der Waals surface area contributed by atoms with Gasteiger partial charge in [0.2, 0.25) is 0 Å². The molecule has 3 N–H and O–H groups in total. The van der Waals surface area contributed by atoms with Crippen molar-refractivity contribution in [3.05, 3.63) is 33.2 Å². The van der Waals surface area contributed by atoms with Crippen LogP contribution in [0.15, 0.2) is 17.1 Å². The number of hydrogen-bond donors (Lipinski definition) is 3. The maximum Gasteiger partial charge on any atom is 0.252 e. The van der Waals surface area contributed by atoms with Crippen molar-refractivity contribution in [1.29, 1.82) is 0 Å². The Balaban J connectivity index is 3.11. The van der Waals surface area contributed by atoms with Crippen LogP contribution in [0.4, 0.5) is 0 Å². The molecule has 0 aliphatic heterocycles. The quantitative estimate of drug-likeness (QED) is 0.660. The normalized spacial score (nSPS) is 12.8. The fourth-order valence-electron chi connectivity index (χ4n) is 1.08. The van der Waals surface area contributed by atoms with Crippen molar-refractivity contribution in [3.63, 3.8) is 0 Å². The number of rotatable bonds is 3. The van der Waals surface area contributed by atoms with E-state index in [0.717, 1.165) is 0 Å². The summed E-state index contributed by atoms with van der Waals surface area (Å²) in [7, 11) is 1.67. The van der Waals surface area contributed by atoms with Crippen LogP contribution in [0, 0.1) is 0 Å². The van der Waals surface area contributed by atoms with Crippen molar-refractivity contribution < 1.29 is 5.11 Å². The predicted molar refractivity (Wildman–Crippen MR) is 51.0 cm³/mol. The molecular weight excluding hydrogens is 192 g/mol. The Morgan fingerprint density at radius 3 is 3.00 bits per heavy atom. The highest BCUT2D eigenvalue weighted by Crippen LogP contribution is 2.11. The third-order valence-corrected chi connectivity index (χ3v) is 2.02. The number of aromatic amines is 1. The van der Waals surface area contributed by atoms with Crippen LogP contribution in [0.1, 0.15) is 11.6 Å². The van der Waals surface area contributed by atoms with E-state index in [1.165, 1.54) is 12.3 Å². The zero-order valence-electron chi connectivity index (χ0n) is 7.17. The Hall–Kier alpha value is -0.840. The number of halogens is 1. The number of pyridine rings is 1. The summed E-state index contributed by atoms with van der Waals surface area (Å²) >= 11 is 5.70. The van der Waals surface area contributed by atoms with Crippen molar-refractivity contribution in [3.8, 4) is 0 Å². The van der Waals surface area contributed by atoms with Gasteiger partial charge in [-0.15, -0.1) is 0 Å². The molecule has 1 atom stereocenters. The van der Waals surface area contributed by atoms with E-state index in [1.807, 2.05) is 0 Å². The lowest BCUT2D eigenvalue weighted by Crippen LogP contribution is -2.27. The van der Waals surface area contributed by atoms with E-state index < -0.39 is 0 Å². The number of aromatic nitrogens is 1. The maximum atomic E-state index is 11.3. The van der Waals surface area contributed by atoms with Gasteiger partial charge < -0.3 is 15.4 Å². The van der Waals surface area contributed by atoms with E-state index >= 15 is 0 Å². The monoisotopic (exact) mass is 202 g/mol. The summed E-state index contributed by atoms with van der Waals surface area (Å²) in [4.78, 5) is 13.7. The van der Waals surface area contributed by atoms with Crippen molar-refractivity contribution in [1.82, 2.24) is 10.3 Å². The van der Waals surface area contributed by atoms with Crippen LogP contribution in [-0.2, 0) is 0 Å². The van der Waals surface area contributed by atoms with Gasteiger partial charge in [0.05, 0.1) is 17.7 Å². The first-order chi connectivity index (χ1) is 6.19. The minimum atomic E-state index is -0.373. The standard InChI is InChI=1S/C8H11ClN2O2/c1-10-7(4-12)6-2-5(9)3-11-8(6)13/h2-3,7,10,12H,4H2,1H3,(H,11,13)/t7-/m1/s1. The first kappa shape index (κ1) is 10.2. The lowest BCUT2D eigenvalue weighted by Gasteiger charge is -2.11. The second-order valence-corrected chi connectivity index (χ2v) is 3.06. The zero-order valence-corrected chi connectivity index (χ0v) is 7.93. The second kappa shape index (κ2) is 4.41. The van der Waals surface area contributed by atoms with Crippen molar-refractivity contribution in [2.24, 2.45) is 0 Å². The molecule has 0 unspecified atom stereocenters. The van der Waals surface area contributed by atoms with Gasteiger partial charge in [-0.25, -0.2) is 0 Å². The molecular formula is C8H11ClN2O2. The summed E-state index contributed by atoms with van der Waals surface area (Å²) < 4.78 is 0. The van der Waals surface area contributed by atoms with Crippen LogP contribution >= 0.6 is 11.6 Å². The number of likely N-dealkylation sites (N-methyl/N-ethyl adjacent to an activating group) is 1. The average Bonchev–Trinajstić information content (AvgIpc) is 2.13.